The van der Waals surface area contributed by atoms with Gasteiger partial charge in [0.05, 0.1) is 39.6 Å². The van der Waals surface area contributed by atoms with Crippen molar-refractivity contribution >= 4 is 0 Å². The molecule has 0 spiro atoms. The molecule has 0 unspecified atom stereocenters. The molecule has 0 rings (SSSR count). The highest BCUT2D eigenvalue weighted by molar-refractivity contribution is 4.24. The van der Waals surface area contributed by atoms with Gasteiger partial charge in [0.15, 0.2) is 0 Å². The normalized spacial score (nSPS) is 8.73. The van der Waals surface area contributed by atoms with E-state index in [1.54, 1.807) is 0 Å². The summed E-state index contributed by atoms with van der Waals surface area (Å²) in [4.78, 5) is 0. The third-order valence-electron chi connectivity index (χ3n) is 0.571. The fourth-order valence-electron chi connectivity index (χ4n) is 0.231. The number of hydrogen-bond acceptors (Lipinski definition) is 5. The van der Waals surface area contributed by atoms with E-state index in [0.717, 1.165) is 0 Å². The molecule has 0 aliphatic heterocycles. The molecule has 0 amide bonds. The predicted molar refractivity (Wildman–Crippen MR) is 39.2 cm³/mol. The molecule has 0 aromatic carbocycles. The highest BCUT2D eigenvalue weighted by atomic mass is 16.5. The molecule has 5 nitrogen and oxygen atoms in total. The van der Waals surface area contributed by atoms with Crippen molar-refractivity contribution < 1.29 is 25.2 Å². The quantitative estimate of drug-likeness (QED) is 0.355. The van der Waals surface area contributed by atoms with Gasteiger partial charge in [-0.1, -0.05) is 0 Å². The van der Waals surface area contributed by atoms with Crippen LogP contribution in [0.1, 0.15) is 0 Å². The van der Waals surface area contributed by atoms with Gasteiger partial charge in [0.1, 0.15) is 0 Å². The molecule has 70 valence electrons. The van der Waals surface area contributed by atoms with Crippen molar-refractivity contribution in [2.45, 2.75) is 0 Å². The third kappa shape index (κ3) is 25.9. The standard InChI is InChI=1S/C4H10O3.C2H6O2/c5-1-3-7-4-2-6;3-1-2-4/h5-6H,1-4H2;3-4H,1-2H2. The van der Waals surface area contributed by atoms with Gasteiger partial charge in [0.2, 0.25) is 0 Å². The summed E-state index contributed by atoms with van der Waals surface area (Å²) in [5.74, 6) is 0. The Morgan fingerprint density at radius 2 is 1.00 bits per heavy atom. The summed E-state index contributed by atoms with van der Waals surface area (Å²) >= 11 is 0. The van der Waals surface area contributed by atoms with E-state index < -0.39 is 0 Å². The lowest BCUT2D eigenvalue weighted by molar-refractivity contribution is 0.0650. The molecule has 11 heavy (non-hydrogen) atoms. The molecule has 0 atom stereocenters. The average molecular weight is 168 g/mol. The summed E-state index contributed by atoms with van der Waals surface area (Å²) in [7, 11) is 0. The number of aliphatic hydroxyl groups is 4. The molecule has 0 aliphatic carbocycles. The van der Waals surface area contributed by atoms with Crippen LogP contribution in [0.2, 0.25) is 0 Å². The van der Waals surface area contributed by atoms with Gasteiger partial charge >= 0.3 is 0 Å². The minimum Gasteiger partial charge on any atom is -0.394 e. The molecular formula is C6H16O5. The smallest absolute Gasteiger partial charge is 0.0698 e. The van der Waals surface area contributed by atoms with Gasteiger partial charge in [-0.15, -0.1) is 0 Å². The van der Waals surface area contributed by atoms with Crippen LogP contribution in [0.25, 0.3) is 0 Å². The number of hydrogen-bond donors (Lipinski definition) is 4. The Balaban J connectivity index is 0. The molecule has 0 fully saturated rings. The van der Waals surface area contributed by atoms with E-state index >= 15 is 0 Å². The fraction of sp³-hybridized carbons (Fsp3) is 1.00. The first-order chi connectivity index (χ1) is 5.33. The second-order valence-corrected chi connectivity index (χ2v) is 1.51. The molecule has 0 saturated carbocycles. The molecule has 0 aliphatic rings. The third-order valence-corrected chi connectivity index (χ3v) is 0.571. The van der Waals surface area contributed by atoms with Crippen LogP contribution in [0.15, 0.2) is 0 Å². The van der Waals surface area contributed by atoms with Crippen molar-refractivity contribution in [3.8, 4) is 0 Å². The summed E-state index contributed by atoms with van der Waals surface area (Å²) in [6.45, 7) is 0.446. The minimum absolute atomic E-state index is 0.0278. The molecule has 0 bridgehead atoms. The molecule has 4 N–H and O–H groups in total. The van der Waals surface area contributed by atoms with Gasteiger partial charge in [0.25, 0.3) is 0 Å². The van der Waals surface area contributed by atoms with Crippen LogP contribution < -0.4 is 0 Å². The molecule has 5 heteroatoms. The molecule has 0 radical (unpaired) electrons. The zero-order chi connectivity index (χ0) is 8.95. The number of rotatable bonds is 5. The van der Waals surface area contributed by atoms with Crippen molar-refractivity contribution in [3.05, 3.63) is 0 Å². The Hall–Kier alpha value is -0.200. The van der Waals surface area contributed by atoms with E-state index in [9.17, 15) is 0 Å². The lowest BCUT2D eigenvalue weighted by Crippen LogP contribution is -2.03. The van der Waals surface area contributed by atoms with Gasteiger partial charge in [0, 0.05) is 0 Å². The van der Waals surface area contributed by atoms with Crippen LogP contribution in [-0.2, 0) is 4.74 Å². The zero-order valence-electron chi connectivity index (χ0n) is 6.44. The van der Waals surface area contributed by atoms with Gasteiger partial charge < -0.3 is 25.2 Å². The second kappa shape index (κ2) is 16.4. The largest absolute Gasteiger partial charge is 0.394 e. The molecule has 0 heterocycles. The first-order valence-electron chi connectivity index (χ1n) is 3.34. The second-order valence-electron chi connectivity index (χ2n) is 1.51. The summed E-state index contributed by atoms with van der Waals surface area (Å²) < 4.78 is 4.63. The SMILES string of the molecule is OCCO.OCCOCCO. The van der Waals surface area contributed by atoms with Crippen LogP contribution in [0, 0.1) is 0 Å². The summed E-state index contributed by atoms with van der Waals surface area (Å²) in [5.41, 5.74) is 0. The van der Waals surface area contributed by atoms with E-state index in [1.165, 1.54) is 0 Å². The van der Waals surface area contributed by atoms with Crippen LogP contribution in [0.4, 0.5) is 0 Å². The van der Waals surface area contributed by atoms with E-state index in [0.29, 0.717) is 13.2 Å². The Morgan fingerprint density at radius 1 is 0.636 bits per heavy atom. The summed E-state index contributed by atoms with van der Waals surface area (Å²) in [6.07, 6.45) is 0. The van der Waals surface area contributed by atoms with Crippen LogP contribution in [0.5, 0.6) is 0 Å². The van der Waals surface area contributed by atoms with Gasteiger partial charge in [-0.3, -0.25) is 0 Å². The van der Waals surface area contributed by atoms with Gasteiger partial charge in [-0.05, 0) is 0 Å². The highest BCUT2D eigenvalue weighted by Gasteiger charge is 1.79. The van der Waals surface area contributed by atoms with E-state index in [4.69, 9.17) is 20.4 Å². The van der Waals surface area contributed by atoms with Gasteiger partial charge in [-0.25, -0.2) is 0 Å². The van der Waals surface area contributed by atoms with Crippen molar-refractivity contribution in [1.29, 1.82) is 0 Å². The topological polar surface area (TPSA) is 90.2 Å². The Bertz CT molecular complexity index is 44.2. The lowest BCUT2D eigenvalue weighted by atomic mass is 10.7. The van der Waals surface area contributed by atoms with E-state index in [-0.39, 0.29) is 26.4 Å². The summed E-state index contributed by atoms with van der Waals surface area (Å²) in [6, 6.07) is 0. The minimum atomic E-state index is -0.125. The van der Waals surface area contributed by atoms with Gasteiger partial charge in [-0.2, -0.15) is 0 Å². The molecule has 0 aromatic rings. The first kappa shape index (κ1) is 13.4. The summed E-state index contributed by atoms with van der Waals surface area (Å²) in [5, 5.41) is 31.4. The molecule has 0 aromatic heterocycles. The van der Waals surface area contributed by atoms with Crippen LogP contribution in [-0.4, -0.2) is 60.1 Å². The Labute approximate surface area is 65.9 Å². The Kier molecular flexibility index (Phi) is 20.0. The highest BCUT2D eigenvalue weighted by Crippen LogP contribution is 1.68. The van der Waals surface area contributed by atoms with E-state index in [2.05, 4.69) is 4.74 Å². The predicted octanol–water partition coefficient (Wildman–Crippen LogP) is -2.04. The van der Waals surface area contributed by atoms with Crippen molar-refractivity contribution in [3.63, 3.8) is 0 Å². The Morgan fingerprint density at radius 3 is 1.18 bits per heavy atom. The van der Waals surface area contributed by atoms with Crippen molar-refractivity contribution in [2.75, 3.05) is 39.6 Å². The number of ether oxygens (including phenoxy) is 1. The lowest BCUT2D eigenvalue weighted by Gasteiger charge is -1.94. The van der Waals surface area contributed by atoms with Crippen LogP contribution >= 0.6 is 0 Å². The zero-order valence-corrected chi connectivity index (χ0v) is 6.44. The van der Waals surface area contributed by atoms with E-state index in [1.807, 2.05) is 0 Å². The maximum Gasteiger partial charge on any atom is 0.0698 e. The molecular weight excluding hydrogens is 152 g/mol. The monoisotopic (exact) mass is 168 g/mol. The fourth-order valence-corrected chi connectivity index (χ4v) is 0.231. The van der Waals surface area contributed by atoms with Crippen molar-refractivity contribution in [1.82, 2.24) is 0 Å². The maximum absolute atomic E-state index is 8.09. The van der Waals surface area contributed by atoms with Crippen molar-refractivity contribution in [2.24, 2.45) is 0 Å². The number of aliphatic hydroxyl groups excluding tert-OH is 4. The first-order valence-corrected chi connectivity index (χ1v) is 3.34. The average Bonchev–Trinajstić information content (AvgIpc) is 2.06. The molecule has 0 saturated heterocycles. The van der Waals surface area contributed by atoms with Crippen LogP contribution in [0.3, 0.4) is 0 Å². The maximum atomic E-state index is 8.09.